The maximum absolute atomic E-state index is 4.53. The van der Waals surface area contributed by atoms with Gasteiger partial charge in [-0.15, -0.1) is 0 Å². The molecule has 0 aliphatic rings. The Morgan fingerprint density at radius 1 is 1.17 bits per heavy atom. The Morgan fingerprint density at radius 3 is 2.50 bits per heavy atom. The zero-order valence-corrected chi connectivity index (χ0v) is 11.8. The number of hydrogen-bond acceptors (Lipinski definition) is 2. The van der Waals surface area contributed by atoms with Crippen LogP contribution in [0.3, 0.4) is 0 Å². The van der Waals surface area contributed by atoms with E-state index in [1.165, 1.54) is 27.9 Å². The topological polar surface area (TPSA) is 29.9 Å². The molecule has 0 saturated carbocycles. The van der Waals surface area contributed by atoms with Crippen LogP contribution >= 0.6 is 0 Å². The Morgan fingerprint density at radius 2 is 1.89 bits per heavy atom. The summed E-state index contributed by atoms with van der Waals surface area (Å²) in [7, 11) is 3.97. The van der Waals surface area contributed by atoms with E-state index >= 15 is 0 Å². The molecule has 0 aliphatic carbocycles. The van der Waals surface area contributed by atoms with Gasteiger partial charge in [0, 0.05) is 19.2 Å². The van der Waals surface area contributed by atoms with Crippen LogP contribution in [0.25, 0.3) is 11.1 Å². The number of aryl methyl sites for hydroxylation is 4. The quantitative estimate of drug-likeness (QED) is 0.898. The second kappa shape index (κ2) is 4.94. The smallest absolute Gasteiger partial charge is 0.0675 e. The highest BCUT2D eigenvalue weighted by Gasteiger charge is 2.14. The van der Waals surface area contributed by atoms with Crippen LogP contribution in [0.15, 0.2) is 18.2 Å². The fourth-order valence-electron chi connectivity index (χ4n) is 2.35. The Bertz CT molecular complexity index is 567. The summed E-state index contributed by atoms with van der Waals surface area (Å²) in [4.78, 5) is 0. The summed E-state index contributed by atoms with van der Waals surface area (Å²) in [6.45, 7) is 7.20. The third kappa shape index (κ3) is 2.18. The summed E-state index contributed by atoms with van der Waals surface area (Å²) in [5.74, 6) is 0. The number of rotatable bonds is 3. The van der Waals surface area contributed by atoms with Gasteiger partial charge in [0.2, 0.25) is 0 Å². The molecule has 96 valence electrons. The van der Waals surface area contributed by atoms with Crippen LogP contribution in [-0.2, 0) is 13.6 Å². The molecule has 0 radical (unpaired) electrons. The summed E-state index contributed by atoms with van der Waals surface area (Å²) in [5.41, 5.74) is 7.50. The van der Waals surface area contributed by atoms with Crippen molar-refractivity contribution in [2.75, 3.05) is 7.05 Å². The molecule has 0 aliphatic heterocycles. The molecule has 3 nitrogen and oxygen atoms in total. The largest absolute Gasteiger partial charge is 0.314 e. The van der Waals surface area contributed by atoms with E-state index in [1.54, 1.807) is 0 Å². The number of nitrogens with zero attached hydrogens (tertiary/aromatic N) is 2. The van der Waals surface area contributed by atoms with E-state index in [4.69, 9.17) is 0 Å². The van der Waals surface area contributed by atoms with Crippen molar-refractivity contribution in [3.63, 3.8) is 0 Å². The third-order valence-electron chi connectivity index (χ3n) is 3.48. The lowest BCUT2D eigenvalue weighted by atomic mass is 9.99. The van der Waals surface area contributed by atoms with Crippen LogP contribution in [0.2, 0.25) is 0 Å². The van der Waals surface area contributed by atoms with Gasteiger partial charge in [-0.3, -0.25) is 4.68 Å². The first-order valence-electron chi connectivity index (χ1n) is 6.29. The normalized spacial score (nSPS) is 10.9. The van der Waals surface area contributed by atoms with E-state index in [9.17, 15) is 0 Å². The van der Waals surface area contributed by atoms with Gasteiger partial charge in [0.1, 0.15) is 0 Å². The van der Waals surface area contributed by atoms with Gasteiger partial charge in [-0.25, -0.2) is 0 Å². The molecular weight excluding hydrogens is 222 g/mol. The molecule has 2 aromatic rings. The summed E-state index contributed by atoms with van der Waals surface area (Å²) < 4.78 is 1.97. The lowest BCUT2D eigenvalue weighted by molar-refractivity contribution is 0.669. The summed E-state index contributed by atoms with van der Waals surface area (Å²) in [6, 6.07) is 6.62. The highest BCUT2D eigenvalue weighted by Crippen LogP contribution is 2.28. The number of nitrogens with one attached hydrogen (secondary N) is 1. The van der Waals surface area contributed by atoms with Crippen LogP contribution in [0, 0.1) is 20.8 Å². The molecule has 0 atom stereocenters. The van der Waals surface area contributed by atoms with Crippen LogP contribution in [0.1, 0.15) is 22.5 Å². The third-order valence-corrected chi connectivity index (χ3v) is 3.48. The Balaban J connectivity index is 2.58. The lowest BCUT2D eigenvalue weighted by Gasteiger charge is -2.08. The average Bonchev–Trinajstić information content (AvgIpc) is 2.59. The number of benzene rings is 1. The van der Waals surface area contributed by atoms with Crippen LogP contribution in [-0.4, -0.2) is 16.8 Å². The highest BCUT2D eigenvalue weighted by atomic mass is 15.3. The van der Waals surface area contributed by atoms with E-state index in [1.807, 2.05) is 18.8 Å². The molecule has 3 heteroatoms. The molecule has 2 rings (SSSR count). The van der Waals surface area contributed by atoms with Crippen LogP contribution in [0.4, 0.5) is 0 Å². The minimum atomic E-state index is 0.833. The van der Waals surface area contributed by atoms with Crippen molar-refractivity contribution < 1.29 is 0 Å². The molecule has 0 unspecified atom stereocenters. The van der Waals surface area contributed by atoms with Gasteiger partial charge in [-0.05, 0) is 44.5 Å². The molecule has 1 heterocycles. The Labute approximate surface area is 109 Å². The van der Waals surface area contributed by atoms with Crippen molar-refractivity contribution in [2.24, 2.45) is 7.05 Å². The van der Waals surface area contributed by atoms with Crippen molar-refractivity contribution in [3.05, 3.63) is 40.7 Å². The van der Waals surface area contributed by atoms with Crippen LogP contribution in [0.5, 0.6) is 0 Å². The SMILES string of the molecule is CNCc1c(-c2ccc(C)c(C)c2)c(C)nn1C. The fourth-order valence-corrected chi connectivity index (χ4v) is 2.35. The summed E-state index contributed by atoms with van der Waals surface area (Å²) in [5, 5.41) is 7.75. The first kappa shape index (κ1) is 12.8. The fraction of sp³-hybridized carbons (Fsp3) is 0.400. The van der Waals surface area contributed by atoms with Crippen LogP contribution < -0.4 is 5.32 Å². The highest BCUT2D eigenvalue weighted by molar-refractivity contribution is 5.69. The zero-order chi connectivity index (χ0) is 13.3. The van der Waals surface area contributed by atoms with E-state index < -0.39 is 0 Å². The molecule has 0 bridgehead atoms. The van der Waals surface area contributed by atoms with E-state index in [-0.39, 0.29) is 0 Å². The first-order valence-corrected chi connectivity index (χ1v) is 6.29. The molecule has 0 saturated heterocycles. The predicted octanol–water partition coefficient (Wildman–Crippen LogP) is 2.73. The minimum Gasteiger partial charge on any atom is -0.314 e. The standard InChI is InChI=1S/C15H21N3/c1-10-6-7-13(8-11(10)2)15-12(3)17-18(5)14(15)9-16-4/h6-8,16H,9H2,1-5H3. The molecule has 0 amide bonds. The molecule has 0 fully saturated rings. The average molecular weight is 243 g/mol. The predicted molar refractivity (Wildman–Crippen MR) is 75.6 cm³/mol. The molecule has 18 heavy (non-hydrogen) atoms. The van der Waals surface area contributed by atoms with Gasteiger partial charge in [0.15, 0.2) is 0 Å². The molecule has 0 spiro atoms. The number of hydrogen-bond donors (Lipinski definition) is 1. The van der Waals surface area contributed by atoms with E-state index in [0.717, 1.165) is 12.2 Å². The summed E-state index contributed by atoms with van der Waals surface area (Å²) in [6.07, 6.45) is 0. The minimum absolute atomic E-state index is 0.833. The first-order chi connectivity index (χ1) is 8.54. The lowest BCUT2D eigenvalue weighted by Crippen LogP contribution is -2.10. The second-order valence-electron chi connectivity index (χ2n) is 4.86. The van der Waals surface area contributed by atoms with Gasteiger partial charge in [0.25, 0.3) is 0 Å². The van der Waals surface area contributed by atoms with Crippen molar-refractivity contribution in [2.45, 2.75) is 27.3 Å². The van der Waals surface area contributed by atoms with Gasteiger partial charge in [0.05, 0.1) is 11.4 Å². The second-order valence-corrected chi connectivity index (χ2v) is 4.86. The van der Waals surface area contributed by atoms with E-state index in [2.05, 4.69) is 49.4 Å². The zero-order valence-electron chi connectivity index (χ0n) is 11.8. The molecule has 1 aromatic heterocycles. The van der Waals surface area contributed by atoms with Crippen molar-refractivity contribution in [1.29, 1.82) is 0 Å². The van der Waals surface area contributed by atoms with Gasteiger partial charge in [-0.2, -0.15) is 5.10 Å². The molecule has 1 N–H and O–H groups in total. The molecule has 1 aromatic carbocycles. The van der Waals surface area contributed by atoms with Gasteiger partial charge in [-0.1, -0.05) is 18.2 Å². The monoisotopic (exact) mass is 243 g/mol. The van der Waals surface area contributed by atoms with Crippen molar-refractivity contribution in [1.82, 2.24) is 15.1 Å². The Hall–Kier alpha value is -1.61. The maximum Gasteiger partial charge on any atom is 0.0675 e. The van der Waals surface area contributed by atoms with Crippen molar-refractivity contribution >= 4 is 0 Å². The maximum atomic E-state index is 4.53. The van der Waals surface area contributed by atoms with E-state index in [0.29, 0.717) is 0 Å². The van der Waals surface area contributed by atoms with Gasteiger partial charge < -0.3 is 5.32 Å². The van der Waals surface area contributed by atoms with Gasteiger partial charge >= 0.3 is 0 Å². The summed E-state index contributed by atoms with van der Waals surface area (Å²) >= 11 is 0. The molecular formula is C15H21N3. The number of aromatic nitrogens is 2. The Kier molecular flexibility index (Phi) is 3.53. The van der Waals surface area contributed by atoms with Crippen molar-refractivity contribution in [3.8, 4) is 11.1 Å².